The molecule has 9 nitrogen and oxygen atoms in total. The molecule has 1 rings (SSSR count). The minimum absolute atomic E-state index is 0. The molecule has 0 spiro atoms. The van der Waals surface area contributed by atoms with Gasteiger partial charge in [0, 0.05) is 6.54 Å². The summed E-state index contributed by atoms with van der Waals surface area (Å²) < 4.78 is 0. The van der Waals surface area contributed by atoms with Crippen molar-refractivity contribution in [2.45, 2.75) is 19.8 Å². The first kappa shape index (κ1) is 23.5. The lowest BCUT2D eigenvalue weighted by molar-refractivity contribution is 0.0651. The monoisotopic (exact) mass is 359 g/mol. The molecule has 0 radical (unpaired) electrons. The molecule has 0 aliphatic rings. The van der Waals surface area contributed by atoms with Crippen LogP contribution in [0.3, 0.4) is 0 Å². The van der Waals surface area contributed by atoms with Crippen LogP contribution in [0.4, 0.5) is 0 Å². The lowest BCUT2D eigenvalue weighted by atomic mass is 10.1. The van der Waals surface area contributed by atoms with E-state index in [1.165, 1.54) is 24.3 Å². The zero-order valence-corrected chi connectivity index (χ0v) is 14.0. The fraction of sp³-hybridized carbons (Fsp3) is 0.286. The molecule has 134 valence electrons. The third-order valence-electron chi connectivity index (χ3n) is 2.44. The van der Waals surface area contributed by atoms with Gasteiger partial charge in [-0.05, 0) is 18.6 Å². The molecule has 0 aromatic heterocycles. The highest BCUT2D eigenvalue weighted by molar-refractivity contribution is 6.01. The third kappa shape index (κ3) is 10.0. The van der Waals surface area contributed by atoms with Crippen molar-refractivity contribution < 1.29 is 19.8 Å². The number of carbonyl (C=O) groups is 2. The van der Waals surface area contributed by atoms with Crippen LogP contribution in [0.5, 0.6) is 0 Å². The average Bonchev–Trinajstić information content (AvgIpc) is 2.47. The molecule has 0 saturated carbocycles. The first-order chi connectivity index (χ1) is 10.8. The Morgan fingerprint density at radius 2 is 1.62 bits per heavy atom. The lowest BCUT2D eigenvalue weighted by Crippen LogP contribution is -2.40. The Bertz CT molecular complexity index is 559. The Labute approximate surface area is 145 Å². The number of guanidine groups is 2. The van der Waals surface area contributed by atoms with Crippen molar-refractivity contribution in [3.63, 3.8) is 0 Å². The van der Waals surface area contributed by atoms with E-state index in [0.717, 1.165) is 12.8 Å². The number of unbranched alkanes of at least 4 members (excludes halogenated alkanes) is 1. The number of nitrogens with one attached hydrogen (secondary N) is 2. The Hall–Kier alpha value is -2.81. The number of carboxylic acids is 2. The summed E-state index contributed by atoms with van der Waals surface area (Å²) in [5.74, 6) is -2.42. The minimum atomic E-state index is -1.23. The van der Waals surface area contributed by atoms with Gasteiger partial charge in [0.15, 0.2) is 11.9 Å². The number of halogens is 1. The Balaban J connectivity index is 0. The average molecular weight is 360 g/mol. The van der Waals surface area contributed by atoms with Crippen LogP contribution >= 0.6 is 12.4 Å². The maximum absolute atomic E-state index is 10.5. The van der Waals surface area contributed by atoms with Crippen molar-refractivity contribution in [2.24, 2.45) is 16.5 Å². The molecule has 0 unspecified atom stereocenters. The standard InChI is InChI=1S/C8H6O4.C6H15N5.ClH/c9-7(10)5-3-1-2-4-6(5)8(11)12;1-2-3-4-10-6(9)11-5(7)8;/h1-4H,(H,9,10)(H,11,12);2-4H2,1H3,(H6,7,8,9,10,11);1H. The summed E-state index contributed by atoms with van der Waals surface area (Å²) in [4.78, 5) is 24.8. The molecule has 8 N–H and O–H groups in total. The number of aromatic carboxylic acids is 2. The SMILES string of the molecule is CCCCN=C(N)NC(=N)N.Cl.O=C(O)c1ccccc1C(=O)O. The largest absolute Gasteiger partial charge is 0.478 e. The zero-order chi connectivity index (χ0) is 17.8. The van der Waals surface area contributed by atoms with E-state index < -0.39 is 11.9 Å². The van der Waals surface area contributed by atoms with Gasteiger partial charge >= 0.3 is 11.9 Å². The zero-order valence-electron chi connectivity index (χ0n) is 13.2. The van der Waals surface area contributed by atoms with Crippen LogP contribution in [-0.2, 0) is 0 Å². The van der Waals surface area contributed by atoms with Gasteiger partial charge in [-0.15, -0.1) is 12.4 Å². The highest BCUT2D eigenvalue weighted by Gasteiger charge is 2.13. The van der Waals surface area contributed by atoms with Crippen LogP contribution in [0.2, 0.25) is 0 Å². The molecule has 0 atom stereocenters. The molecule has 0 heterocycles. The Morgan fingerprint density at radius 1 is 1.17 bits per heavy atom. The van der Waals surface area contributed by atoms with E-state index >= 15 is 0 Å². The number of benzene rings is 1. The molecule has 0 aliphatic heterocycles. The Kier molecular flexibility index (Phi) is 12.4. The van der Waals surface area contributed by atoms with Crippen LogP contribution in [-0.4, -0.2) is 40.6 Å². The summed E-state index contributed by atoms with van der Waals surface area (Å²) in [7, 11) is 0. The van der Waals surface area contributed by atoms with Gasteiger partial charge in [-0.1, -0.05) is 25.5 Å². The number of rotatable bonds is 5. The van der Waals surface area contributed by atoms with Gasteiger partial charge in [-0.3, -0.25) is 15.7 Å². The number of hydrogen-bond acceptors (Lipinski definition) is 4. The van der Waals surface area contributed by atoms with Gasteiger partial charge in [0.1, 0.15) is 0 Å². The quantitative estimate of drug-likeness (QED) is 0.259. The first-order valence-electron chi connectivity index (χ1n) is 6.76. The van der Waals surface area contributed by atoms with Crippen LogP contribution in [0.15, 0.2) is 29.3 Å². The predicted molar refractivity (Wildman–Crippen MR) is 94.1 cm³/mol. The lowest BCUT2D eigenvalue weighted by Gasteiger charge is -2.00. The highest BCUT2D eigenvalue weighted by Crippen LogP contribution is 2.07. The highest BCUT2D eigenvalue weighted by atomic mass is 35.5. The Morgan fingerprint density at radius 3 is 1.96 bits per heavy atom. The molecule has 10 heteroatoms. The van der Waals surface area contributed by atoms with E-state index in [2.05, 4.69) is 17.2 Å². The van der Waals surface area contributed by atoms with Gasteiger partial charge in [0.2, 0.25) is 0 Å². The molecular formula is C14H22ClN5O4. The molecule has 24 heavy (non-hydrogen) atoms. The summed E-state index contributed by atoms with van der Waals surface area (Å²) >= 11 is 0. The smallest absolute Gasteiger partial charge is 0.336 e. The van der Waals surface area contributed by atoms with Crippen LogP contribution in [0.1, 0.15) is 40.5 Å². The number of nitrogens with zero attached hydrogens (tertiary/aromatic N) is 1. The van der Waals surface area contributed by atoms with E-state index in [1.807, 2.05) is 0 Å². The van der Waals surface area contributed by atoms with Crippen molar-refractivity contribution >= 4 is 36.3 Å². The summed E-state index contributed by atoms with van der Waals surface area (Å²) in [6.07, 6.45) is 2.08. The molecule has 1 aromatic carbocycles. The maximum atomic E-state index is 10.5. The molecule has 0 saturated heterocycles. The summed E-state index contributed by atoms with van der Waals surface area (Å²) in [5, 5.41) is 26.3. The van der Waals surface area contributed by atoms with Crippen LogP contribution in [0.25, 0.3) is 0 Å². The van der Waals surface area contributed by atoms with Crippen molar-refractivity contribution in [1.82, 2.24) is 5.32 Å². The molecule has 0 bridgehead atoms. The fourth-order valence-electron chi connectivity index (χ4n) is 1.39. The second kappa shape index (κ2) is 12.7. The normalized spacial score (nSPS) is 9.79. The van der Waals surface area contributed by atoms with Crippen molar-refractivity contribution in [2.75, 3.05) is 6.54 Å². The molecule has 0 amide bonds. The maximum Gasteiger partial charge on any atom is 0.336 e. The number of nitrogens with two attached hydrogens (primary N) is 2. The molecule has 0 aliphatic carbocycles. The van der Waals surface area contributed by atoms with Gasteiger partial charge in [0.05, 0.1) is 11.1 Å². The first-order valence-corrected chi connectivity index (χ1v) is 6.76. The molecular weight excluding hydrogens is 338 g/mol. The van der Waals surface area contributed by atoms with Crippen molar-refractivity contribution in [3.05, 3.63) is 35.4 Å². The van der Waals surface area contributed by atoms with Crippen LogP contribution < -0.4 is 16.8 Å². The summed E-state index contributed by atoms with van der Waals surface area (Å²) in [6.45, 7) is 2.76. The van der Waals surface area contributed by atoms with Gasteiger partial charge in [-0.2, -0.15) is 0 Å². The molecule has 0 fully saturated rings. The van der Waals surface area contributed by atoms with Crippen LogP contribution in [0, 0.1) is 5.41 Å². The number of aliphatic imine (C=N–C) groups is 1. The van der Waals surface area contributed by atoms with E-state index in [4.69, 9.17) is 27.1 Å². The second-order valence-corrected chi connectivity index (χ2v) is 4.32. The van der Waals surface area contributed by atoms with Crippen molar-refractivity contribution in [1.29, 1.82) is 5.41 Å². The van der Waals surface area contributed by atoms with Gasteiger partial charge in [-0.25, -0.2) is 9.59 Å². The van der Waals surface area contributed by atoms with Crippen molar-refractivity contribution in [3.8, 4) is 0 Å². The fourth-order valence-corrected chi connectivity index (χ4v) is 1.39. The summed E-state index contributed by atoms with van der Waals surface area (Å²) in [6, 6.07) is 5.48. The van der Waals surface area contributed by atoms with E-state index in [9.17, 15) is 9.59 Å². The molecule has 1 aromatic rings. The second-order valence-electron chi connectivity index (χ2n) is 4.32. The number of carboxylic acid groups (broad SMARTS) is 2. The minimum Gasteiger partial charge on any atom is -0.478 e. The van der Waals surface area contributed by atoms with E-state index in [0.29, 0.717) is 6.54 Å². The third-order valence-corrected chi connectivity index (χ3v) is 2.44. The van der Waals surface area contributed by atoms with E-state index in [1.54, 1.807) is 0 Å². The topological polar surface area (TPSA) is 175 Å². The van der Waals surface area contributed by atoms with Gasteiger partial charge in [0.25, 0.3) is 0 Å². The van der Waals surface area contributed by atoms with E-state index in [-0.39, 0.29) is 35.5 Å². The predicted octanol–water partition coefficient (Wildman–Crippen LogP) is 1.09. The van der Waals surface area contributed by atoms with Gasteiger partial charge < -0.3 is 21.7 Å². The number of hydrogen-bond donors (Lipinski definition) is 6. The summed E-state index contributed by atoms with van der Waals surface area (Å²) in [5.41, 5.74) is 9.96.